The quantitative estimate of drug-likeness (QED) is 0.905. The van der Waals surface area contributed by atoms with Crippen LogP contribution in [0.4, 0.5) is 0 Å². The maximum Gasteiger partial charge on any atom is 0.0919 e. The number of nitrogens with zero attached hydrogens (tertiary/aromatic N) is 1. The second kappa shape index (κ2) is 6.51. The van der Waals surface area contributed by atoms with Gasteiger partial charge in [-0.25, -0.2) is 0 Å². The number of methoxy groups -OCH3 is 1. The normalized spacial score (nSPS) is 26.3. The minimum atomic E-state index is -0.410. The van der Waals surface area contributed by atoms with Crippen molar-refractivity contribution in [2.75, 3.05) is 26.7 Å². The molecule has 0 radical (unpaired) electrons. The Labute approximate surface area is 116 Å². The Bertz CT molecular complexity index is 407. The van der Waals surface area contributed by atoms with Crippen LogP contribution in [0.25, 0.3) is 0 Å². The van der Waals surface area contributed by atoms with Crippen molar-refractivity contribution in [2.45, 2.75) is 32.5 Å². The number of hydrogen-bond donors (Lipinski definition) is 1. The minimum Gasteiger partial charge on any atom is -0.387 e. The number of rotatable bonds is 4. The van der Waals surface area contributed by atoms with Gasteiger partial charge in [-0.2, -0.15) is 0 Å². The van der Waals surface area contributed by atoms with E-state index < -0.39 is 6.10 Å². The van der Waals surface area contributed by atoms with Crippen LogP contribution in [0.15, 0.2) is 24.3 Å². The lowest BCUT2D eigenvalue weighted by Gasteiger charge is -2.37. The Balaban J connectivity index is 1.96. The first-order chi connectivity index (χ1) is 9.11. The highest BCUT2D eigenvalue weighted by Gasteiger charge is 2.27. The van der Waals surface area contributed by atoms with Gasteiger partial charge in [0.05, 0.1) is 12.2 Å². The van der Waals surface area contributed by atoms with Crippen molar-refractivity contribution in [3.05, 3.63) is 35.4 Å². The molecule has 1 N–H and O–H groups in total. The fourth-order valence-corrected chi connectivity index (χ4v) is 2.87. The van der Waals surface area contributed by atoms with Gasteiger partial charge in [0.1, 0.15) is 0 Å². The molecule has 0 bridgehead atoms. The number of aryl methyl sites for hydroxylation is 1. The van der Waals surface area contributed by atoms with E-state index in [-0.39, 0.29) is 6.10 Å². The van der Waals surface area contributed by atoms with Gasteiger partial charge in [0, 0.05) is 20.2 Å². The molecule has 0 aliphatic carbocycles. The number of benzene rings is 1. The first-order valence-corrected chi connectivity index (χ1v) is 7.10. The number of aliphatic hydroxyl groups is 1. The molecule has 0 saturated carbocycles. The van der Waals surface area contributed by atoms with E-state index in [0.29, 0.717) is 12.5 Å². The fourth-order valence-electron chi connectivity index (χ4n) is 2.87. The second-order valence-corrected chi connectivity index (χ2v) is 5.67. The Morgan fingerprint density at radius 2 is 2.16 bits per heavy atom. The van der Waals surface area contributed by atoms with Gasteiger partial charge >= 0.3 is 0 Å². The van der Waals surface area contributed by atoms with Crippen LogP contribution in [0.1, 0.15) is 30.6 Å². The molecule has 1 heterocycles. The molecule has 3 heteroatoms. The van der Waals surface area contributed by atoms with Gasteiger partial charge in [-0.3, -0.25) is 4.90 Å². The standard InChI is InChI=1S/C16H25NO2/c1-12-6-4-5-7-14(12)15(18)10-17-9-8-13(2)16(11-17)19-3/h4-7,13,15-16,18H,8-11H2,1-3H3. The Morgan fingerprint density at radius 1 is 1.42 bits per heavy atom. The smallest absolute Gasteiger partial charge is 0.0919 e. The molecule has 0 spiro atoms. The zero-order valence-corrected chi connectivity index (χ0v) is 12.2. The highest BCUT2D eigenvalue weighted by atomic mass is 16.5. The van der Waals surface area contributed by atoms with E-state index >= 15 is 0 Å². The van der Waals surface area contributed by atoms with Crippen LogP contribution in [-0.4, -0.2) is 42.9 Å². The third-order valence-corrected chi connectivity index (χ3v) is 4.25. The van der Waals surface area contributed by atoms with Crippen molar-refractivity contribution in [1.82, 2.24) is 4.90 Å². The van der Waals surface area contributed by atoms with Crippen LogP contribution in [0.3, 0.4) is 0 Å². The predicted octanol–water partition coefficient (Wildman–Crippen LogP) is 2.39. The van der Waals surface area contributed by atoms with E-state index in [0.717, 1.165) is 30.6 Å². The maximum absolute atomic E-state index is 10.4. The summed E-state index contributed by atoms with van der Waals surface area (Å²) in [4.78, 5) is 2.31. The van der Waals surface area contributed by atoms with E-state index in [9.17, 15) is 5.11 Å². The monoisotopic (exact) mass is 263 g/mol. The average molecular weight is 263 g/mol. The topological polar surface area (TPSA) is 32.7 Å². The van der Waals surface area contributed by atoms with E-state index in [1.54, 1.807) is 7.11 Å². The zero-order chi connectivity index (χ0) is 13.8. The van der Waals surface area contributed by atoms with Crippen molar-refractivity contribution >= 4 is 0 Å². The molecule has 1 saturated heterocycles. The molecule has 0 aromatic heterocycles. The number of aliphatic hydroxyl groups excluding tert-OH is 1. The molecule has 1 aliphatic heterocycles. The first kappa shape index (κ1) is 14.5. The van der Waals surface area contributed by atoms with Crippen LogP contribution in [0.2, 0.25) is 0 Å². The lowest BCUT2D eigenvalue weighted by molar-refractivity contribution is -0.0181. The maximum atomic E-state index is 10.4. The summed E-state index contributed by atoms with van der Waals surface area (Å²) in [6.07, 6.45) is 1.02. The highest BCUT2D eigenvalue weighted by Crippen LogP contribution is 2.23. The number of hydrogen-bond acceptors (Lipinski definition) is 3. The summed E-state index contributed by atoms with van der Waals surface area (Å²) >= 11 is 0. The highest BCUT2D eigenvalue weighted by molar-refractivity contribution is 5.27. The van der Waals surface area contributed by atoms with E-state index in [1.807, 2.05) is 18.2 Å². The van der Waals surface area contributed by atoms with Gasteiger partial charge in [-0.05, 0) is 36.9 Å². The Kier molecular flexibility index (Phi) is 4.97. The molecular weight excluding hydrogens is 238 g/mol. The molecule has 106 valence electrons. The molecule has 2 rings (SSSR count). The molecule has 3 unspecified atom stereocenters. The SMILES string of the molecule is COC1CN(CC(O)c2ccccc2C)CCC1C. The molecule has 3 nitrogen and oxygen atoms in total. The zero-order valence-electron chi connectivity index (χ0n) is 12.2. The summed E-state index contributed by atoms with van der Waals surface area (Å²) in [5.41, 5.74) is 2.19. The lowest BCUT2D eigenvalue weighted by atomic mass is 9.95. The van der Waals surface area contributed by atoms with Gasteiger partial charge in [0.15, 0.2) is 0 Å². The van der Waals surface area contributed by atoms with Crippen LogP contribution in [0.5, 0.6) is 0 Å². The molecule has 3 atom stereocenters. The predicted molar refractivity (Wildman–Crippen MR) is 77.2 cm³/mol. The summed E-state index contributed by atoms with van der Waals surface area (Å²) in [6, 6.07) is 8.06. The third kappa shape index (κ3) is 3.56. The number of ether oxygens (including phenoxy) is 1. The first-order valence-electron chi connectivity index (χ1n) is 7.10. The summed E-state index contributed by atoms with van der Waals surface area (Å²) in [5, 5.41) is 10.4. The lowest BCUT2D eigenvalue weighted by Crippen LogP contribution is -2.45. The minimum absolute atomic E-state index is 0.290. The summed E-state index contributed by atoms with van der Waals surface area (Å²) < 4.78 is 5.52. The van der Waals surface area contributed by atoms with Gasteiger partial charge < -0.3 is 9.84 Å². The van der Waals surface area contributed by atoms with Gasteiger partial charge in [0.25, 0.3) is 0 Å². The van der Waals surface area contributed by atoms with E-state index in [4.69, 9.17) is 4.74 Å². The number of β-amino-alcohol motifs (C(OH)–C–C–N with tert-alkyl or cyclic N) is 1. The van der Waals surface area contributed by atoms with Crippen molar-refractivity contribution in [2.24, 2.45) is 5.92 Å². The van der Waals surface area contributed by atoms with Crippen molar-refractivity contribution in [3.8, 4) is 0 Å². The molecule has 1 aliphatic rings. The van der Waals surface area contributed by atoms with Crippen molar-refractivity contribution < 1.29 is 9.84 Å². The Hall–Kier alpha value is -0.900. The molecule has 1 aromatic rings. The van der Waals surface area contributed by atoms with Crippen LogP contribution in [0, 0.1) is 12.8 Å². The molecule has 1 fully saturated rings. The number of piperidine rings is 1. The largest absolute Gasteiger partial charge is 0.387 e. The van der Waals surface area contributed by atoms with Gasteiger partial charge in [0.2, 0.25) is 0 Å². The summed E-state index contributed by atoms with van der Waals surface area (Å²) in [7, 11) is 1.78. The van der Waals surface area contributed by atoms with E-state index in [2.05, 4.69) is 24.8 Å². The van der Waals surface area contributed by atoms with Crippen molar-refractivity contribution in [1.29, 1.82) is 0 Å². The third-order valence-electron chi connectivity index (χ3n) is 4.25. The van der Waals surface area contributed by atoms with Crippen molar-refractivity contribution in [3.63, 3.8) is 0 Å². The molecule has 1 aromatic carbocycles. The average Bonchev–Trinajstić information content (AvgIpc) is 2.41. The van der Waals surface area contributed by atoms with Crippen LogP contribution in [-0.2, 0) is 4.74 Å². The molecule has 19 heavy (non-hydrogen) atoms. The second-order valence-electron chi connectivity index (χ2n) is 5.67. The van der Waals surface area contributed by atoms with Crippen LogP contribution >= 0.6 is 0 Å². The summed E-state index contributed by atoms with van der Waals surface area (Å²) in [6.45, 7) is 6.94. The summed E-state index contributed by atoms with van der Waals surface area (Å²) in [5.74, 6) is 0.608. The number of likely N-dealkylation sites (tertiary alicyclic amines) is 1. The molecular formula is C16H25NO2. The van der Waals surface area contributed by atoms with E-state index in [1.165, 1.54) is 0 Å². The Morgan fingerprint density at radius 3 is 2.84 bits per heavy atom. The van der Waals surface area contributed by atoms with Gasteiger partial charge in [-0.1, -0.05) is 31.2 Å². The molecule has 0 amide bonds. The fraction of sp³-hybridized carbons (Fsp3) is 0.625. The van der Waals surface area contributed by atoms with Gasteiger partial charge in [-0.15, -0.1) is 0 Å². The van der Waals surface area contributed by atoms with Crippen LogP contribution < -0.4 is 0 Å².